The van der Waals surface area contributed by atoms with E-state index < -0.39 is 0 Å². The van der Waals surface area contributed by atoms with Crippen LogP contribution in [0.15, 0.2) is 24.3 Å². The lowest BCUT2D eigenvalue weighted by molar-refractivity contribution is -0.127. The number of carbonyl (C=O) groups excluding carboxylic acids is 2. The topological polar surface area (TPSA) is 84.7 Å². The van der Waals surface area contributed by atoms with Crippen molar-refractivity contribution in [3.05, 3.63) is 29.8 Å². The molecule has 1 heterocycles. The van der Waals surface area contributed by atoms with E-state index in [9.17, 15) is 9.59 Å². The molecule has 1 fully saturated rings. The van der Waals surface area contributed by atoms with E-state index in [1.807, 2.05) is 31.2 Å². The fourth-order valence-electron chi connectivity index (χ4n) is 2.82. The normalized spacial score (nSPS) is 17.5. The molecule has 3 N–H and O–H groups in total. The molecular formula is C17H25N3O3. The number of rotatable bonds is 6. The van der Waals surface area contributed by atoms with Crippen LogP contribution >= 0.6 is 0 Å². The predicted octanol–water partition coefficient (Wildman–Crippen LogP) is 0.897. The summed E-state index contributed by atoms with van der Waals surface area (Å²) in [5.41, 5.74) is 6.36. The quantitative estimate of drug-likeness (QED) is 0.816. The first-order chi connectivity index (χ1) is 11.0. The number of ether oxygens (including phenoxy) is 1. The van der Waals surface area contributed by atoms with Gasteiger partial charge in [0.15, 0.2) is 0 Å². The van der Waals surface area contributed by atoms with Gasteiger partial charge in [-0.05, 0) is 50.6 Å². The van der Waals surface area contributed by atoms with Crippen molar-refractivity contribution < 1.29 is 14.3 Å². The van der Waals surface area contributed by atoms with Crippen molar-refractivity contribution in [3.8, 4) is 5.75 Å². The number of hydrogen-bond acceptors (Lipinski definition) is 4. The first-order valence-electron chi connectivity index (χ1n) is 7.95. The first-order valence-corrected chi connectivity index (χ1v) is 7.95. The maximum Gasteiger partial charge on any atom is 0.237 e. The number of likely N-dealkylation sites (tertiary alicyclic amines) is 1. The van der Waals surface area contributed by atoms with E-state index in [0.29, 0.717) is 6.54 Å². The molecule has 0 aliphatic carbocycles. The summed E-state index contributed by atoms with van der Waals surface area (Å²) in [7, 11) is 1.62. The predicted molar refractivity (Wildman–Crippen MR) is 87.8 cm³/mol. The zero-order chi connectivity index (χ0) is 16.8. The molecule has 1 aromatic rings. The minimum Gasteiger partial charge on any atom is -0.497 e. The summed E-state index contributed by atoms with van der Waals surface area (Å²) in [6.45, 7) is 3.84. The highest BCUT2D eigenvalue weighted by Gasteiger charge is 2.28. The van der Waals surface area contributed by atoms with E-state index in [1.165, 1.54) is 0 Å². The van der Waals surface area contributed by atoms with Gasteiger partial charge in [-0.2, -0.15) is 0 Å². The van der Waals surface area contributed by atoms with Gasteiger partial charge in [-0.1, -0.05) is 12.1 Å². The Kier molecular flexibility index (Phi) is 5.98. The van der Waals surface area contributed by atoms with Crippen LogP contribution in [0.3, 0.4) is 0 Å². The van der Waals surface area contributed by atoms with Crippen LogP contribution in [-0.2, 0) is 16.1 Å². The molecule has 0 aromatic heterocycles. The Bertz CT molecular complexity index is 537. The van der Waals surface area contributed by atoms with E-state index in [4.69, 9.17) is 10.5 Å². The van der Waals surface area contributed by atoms with Crippen molar-refractivity contribution in [2.24, 2.45) is 11.7 Å². The summed E-state index contributed by atoms with van der Waals surface area (Å²) in [5.74, 6) is 0.506. The van der Waals surface area contributed by atoms with Crippen LogP contribution in [0.4, 0.5) is 0 Å². The van der Waals surface area contributed by atoms with E-state index >= 15 is 0 Å². The molecule has 0 radical (unpaired) electrons. The van der Waals surface area contributed by atoms with Crippen molar-refractivity contribution in [2.75, 3.05) is 20.2 Å². The minimum absolute atomic E-state index is 0.00153. The monoisotopic (exact) mass is 319 g/mol. The number of nitrogens with zero attached hydrogens (tertiary/aromatic N) is 1. The number of primary amides is 1. The lowest BCUT2D eigenvalue weighted by Crippen LogP contribution is -2.49. The highest BCUT2D eigenvalue weighted by Crippen LogP contribution is 2.18. The molecule has 1 atom stereocenters. The molecule has 6 nitrogen and oxygen atoms in total. The second-order valence-electron chi connectivity index (χ2n) is 5.95. The number of methoxy groups -OCH3 is 1. The fourth-order valence-corrected chi connectivity index (χ4v) is 2.82. The molecule has 23 heavy (non-hydrogen) atoms. The third kappa shape index (κ3) is 4.69. The standard InChI is InChI=1S/C17H25N3O3/c1-12(20-9-7-14(8-10-20)16(18)21)17(22)19-11-13-3-5-15(23-2)6-4-13/h3-6,12,14H,7-11H2,1-2H3,(H2,18,21)(H,19,22)/t12-/m0/s1. The maximum absolute atomic E-state index is 12.3. The molecule has 1 aromatic carbocycles. The van der Waals surface area contributed by atoms with Crippen LogP contribution in [0.5, 0.6) is 5.75 Å². The van der Waals surface area contributed by atoms with Gasteiger partial charge in [0.1, 0.15) is 5.75 Å². The van der Waals surface area contributed by atoms with Crippen LogP contribution < -0.4 is 15.8 Å². The number of amides is 2. The third-order valence-electron chi connectivity index (χ3n) is 4.48. The van der Waals surface area contributed by atoms with Gasteiger partial charge in [-0.25, -0.2) is 0 Å². The number of nitrogens with one attached hydrogen (secondary N) is 1. The molecule has 126 valence electrons. The summed E-state index contributed by atoms with van der Waals surface area (Å²) in [6, 6.07) is 7.41. The van der Waals surface area contributed by atoms with E-state index in [-0.39, 0.29) is 23.8 Å². The van der Waals surface area contributed by atoms with E-state index in [2.05, 4.69) is 10.2 Å². The lowest BCUT2D eigenvalue weighted by atomic mass is 9.95. The summed E-state index contributed by atoms with van der Waals surface area (Å²) < 4.78 is 5.11. The Morgan fingerprint density at radius 2 is 1.91 bits per heavy atom. The zero-order valence-electron chi connectivity index (χ0n) is 13.7. The fraction of sp³-hybridized carbons (Fsp3) is 0.529. The van der Waals surface area contributed by atoms with E-state index in [1.54, 1.807) is 7.11 Å². The first kappa shape index (κ1) is 17.3. The minimum atomic E-state index is -0.235. The van der Waals surface area contributed by atoms with Gasteiger partial charge in [-0.3, -0.25) is 14.5 Å². The molecule has 0 saturated carbocycles. The van der Waals surface area contributed by atoms with Gasteiger partial charge in [0.05, 0.1) is 13.2 Å². The van der Waals surface area contributed by atoms with Gasteiger partial charge in [0.2, 0.25) is 11.8 Å². The van der Waals surface area contributed by atoms with Crippen LogP contribution in [0.25, 0.3) is 0 Å². The smallest absolute Gasteiger partial charge is 0.237 e. The zero-order valence-corrected chi connectivity index (χ0v) is 13.7. The Balaban J connectivity index is 1.79. The number of carbonyl (C=O) groups is 2. The average Bonchev–Trinajstić information content (AvgIpc) is 2.59. The second-order valence-corrected chi connectivity index (χ2v) is 5.95. The van der Waals surface area contributed by atoms with Gasteiger partial charge >= 0.3 is 0 Å². The number of hydrogen-bond donors (Lipinski definition) is 2. The highest BCUT2D eigenvalue weighted by molar-refractivity contribution is 5.81. The van der Waals surface area contributed by atoms with Crippen LogP contribution in [-0.4, -0.2) is 43.0 Å². The SMILES string of the molecule is COc1ccc(CNC(=O)[C@H](C)N2CCC(C(N)=O)CC2)cc1. The van der Waals surface area contributed by atoms with Gasteiger partial charge < -0.3 is 15.8 Å². The Morgan fingerprint density at radius 3 is 2.43 bits per heavy atom. The highest BCUT2D eigenvalue weighted by atomic mass is 16.5. The Morgan fingerprint density at radius 1 is 1.30 bits per heavy atom. The number of piperidine rings is 1. The maximum atomic E-state index is 12.3. The van der Waals surface area contributed by atoms with Crippen LogP contribution in [0.1, 0.15) is 25.3 Å². The summed E-state index contributed by atoms with van der Waals surface area (Å²) in [5, 5.41) is 2.95. The molecule has 1 aliphatic rings. The molecule has 0 unspecified atom stereocenters. The van der Waals surface area contributed by atoms with Crippen molar-refractivity contribution in [1.29, 1.82) is 0 Å². The van der Waals surface area contributed by atoms with Gasteiger partial charge in [0, 0.05) is 12.5 Å². The second kappa shape index (κ2) is 7.97. The van der Waals surface area contributed by atoms with Crippen molar-refractivity contribution >= 4 is 11.8 Å². The summed E-state index contributed by atoms with van der Waals surface area (Å²) >= 11 is 0. The lowest BCUT2D eigenvalue weighted by Gasteiger charge is -2.34. The molecule has 1 saturated heterocycles. The molecule has 2 rings (SSSR count). The van der Waals surface area contributed by atoms with Crippen LogP contribution in [0, 0.1) is 5.92 Å². The molecule has 0 spiro atoms. The average molecular weight is 319 g/mol. The van der Waals surface area contributed by atoms with E-state index in [0.717, 1.165) is 37.2 Å². The molecule has 6 heteroatoms. The number of benzene rings is 1. The number of nitrogens with two attached hydrogens (primary N) is 1. The molecule has 1 aliphatic heterocycles. The molecule has 2 amide bonds. The van der Waals surface area contributed by atoms with Gasteiger partial charge in [-0.15, -0.1) is 0 Å². The van der Waals surface area contributed by atoms with Crippen molar-refractivity contribution in [1.82, 2.24) is 10.2 Å². The third-order valence-corrected chi connectivity index (χ3v) is 4.48. The summed E-state index contributed by atoms with van der Waals surface area (Å²) in [4.78, 5) is 25.6. The van der Waals surface area contributed by atoms with Crippen molar-refractivity contribution in [2.45, 2.75) is 32.4 Å². The van der Waals surface area contributed by atoms with Gasteiger partial charge in [0.25, 0.3) is 0 Å². The van der Waals surface area contributed by atoms with Crippen molar-refractivity contribution in [3.63, 3.8) is 0 Å². The Hall–Kier alpha value is -2.08. The summed E-state index contributed by atoms with van der Waals surface area (Å²) in [6.07, 6.45) is 1.46. The largest absolute Gasteiger partial charge is 0.497 e. The molecule has 0 bridgehead atoms. The van der Waals surface area contributed by atoms with Crippen LogP contribution in [0.2, 0.25) is 0 Å². The Labute approximate surface area is 137 Å². The molecular weight excluding hydrogens is 294 g/mol.